The molecule has 0 saturated carbocycles. The highest BCUT2D eigenvalue weighted by atomic mass is 16.6. The van der Waals surface area contributed by atoms with Crippen molar-refractivity contribution in [3.8, 4) is 0 Å². The minimum Gasteiger partial charge on any atom is -0.336 e. The zero-order chi connectivity index (χ0) is 22.1. The van der Waals surface area contributed by atoms with Gasteiger partial charge in [0.2, 0.25) is 5.91 Å². The van der Waals surface area contributed by atoms with E-state index in [-0.39, 0.29) is 36.1 Å². The van der Waals surface area contributed by atoms with Crippen molar-refractivity contribution in [1.82, 2.24) is 9.80 Å². The number of hydrogen-bond donors (Lipinski definition) is 1. The number of nitro groups is 1. The van der Waals surface area contributed by atoms with Crippen LogP contribution in [0.1, 0.15) is 51.9 Å². The molecule has 2 amide bonds. The van der Waals surface area contributed by atoms with Gasteiger partial charge in [-0.2, -0.15) is 0 Å². The lowest BCUT2D eigenvalue weighted by atomic mass is 10.1. The number of quaternary nitrogens is 1. The Labute approximate surface area is 173 Å². The number of likely N-dealkylation sites (N-methyl/N-ethyl adjacent to an activating group) is 1. The number of carbonyl (C=O) groups is 2. The van der Waals surface area contributed by atoms with Gasteiger partial charge >= 0.3 is 0 Å². The maximum Gasteiger partial charge on any atom is 0.269 e. The summed E-state index contributed by atoms with van der Waals surface area (Å²) >= 11 is 0. The van der Waals surface area contributed by atoms with E-state index in [9.17, 15) is 19.7 Å². The largest absolute Gasteiger partial charge is 0.336 e. The first kappa shape index (κ1) is 24.6. The van der Waals surface area contributed by atoms with E-state index in [2.05, 4.69) is 13.8 Å². The monoisotopic (exact) mass is 407 g/mol. The normalized spacial score (nSPS) is 11.2. The summed E-state index contributed by atoms with van der Waals surface area (Å²) < 4.78 is 0. The third kappa shape index (κ3) is 7.12. The third-order valence-corrected chi connectivity index (χ3v) is 5.07. The summed E-state index contributed by atoms with van der Waals surface area (Å²) in [4.78, 5) is 41.1. The molecule has 1 rings (SSSR count). The molecule has 0 radical (unpaired) electrons. The van der Waals surface area contributed by atoms with E-state index >= 15 is 0 Å². The summed E-state index contributed by atoms with van der Waals surface area (Å²) in [5, 5.41) is 10.9. The van der Waals surface area contributed by atoms with Gasteiger partial charge in [-0.05, 0) is 53.7 Å². The molecule has 0 aliphatic carbocycles. The van der Waals surface area contributed by atoms with Gasteiger partial charge in [-0.3, -0.25) is 19.7 Å². The number of non-ortho nitro benzene ring substituents is 1. The van der Waals surface area contributed by atoms with E-state index in [0.29, 0.717) is 12.1 Å². The van der Waals surface area contributed by atoms with Crippen LogP contribution in [0.3, 0.4) is 0 Å². The van der Waals surface area contributed by atoms with E-state index < -0.39 is 4.92 Å². The van der Waals surface area contributed by atoms with Crippen LogP contribution in [0.5, 0.6) is 0 Å². The Hall–Kier alpha value is -2.48. The lowest BCUT2D eigenvalue weighted by molar-refractivity contribution is -0.895. The van der Waals surface area contributed by atoms with E-state index in [1.54, 1.807) is 9.80 Å². The maximum atomic E-state index is 13.1. The lowest BCUT2D eigenvalue weighted by Crippen LogP contribution is -3.12. The standard InChI is InChI=1S/C21H34N4O4/c1-7-22(8-2)13-14-23(15-20(26)24(16(3)4)17(5)6)21(27)18-9-11-19(12-10-18)25(28)29/h9-12,16-17H,7-8,13-15H2,1-6H3/p+1. The van der Waals surface area contributed by atoms with Gasteiger partial charge in [0.1, 0.15) is 6.54 Å². The van der Waals surface area contributed by atoms with Crippen LogP contribution >= 0.6 is 0 Å². The Morgan fingerprint density at radius 3 is 1.97 bits per heavy atom. The zero-order valence-corrected chi connectivity index (χ0v) is 18.5. The highest BCUT2D eigenvalue weighted by Gasteiger charge is 2.26. The van der Waals surface area contributed by atoms with E-state index in [1.807, 2.05) is 27.7 Å². The molecular formula is C21H35N4O4+. The first-order valence-corrected chi connectivity index (χ1v) is 10.3. The summed E-state index contributed by atoms with van der Waals surface area (Å²) in [6.07, 6.45) is 0. The van der Waals surface area contributed by atoms with Gasteiger partial charge in [0.05, 0.1) is 31.1 Å². The number of benzene rings is 1. The molecule has 0 bridgehead atoms. The Morgan fingerprint density at radius 2 is 1.55 bits per heavy atom. The number of hydrogen-bond acceptors (Lipinski definition) is 4. The zero-order valence-electron chi connectivity index (χ0n) is 18.5. The molecule has 29 heavy (non-hydrogen) atoms. The summed E-state index contributed by atoms with van der Waals surface area (Å²) in [6, 6.07) is 5.60. The fraction of sp³-hybridized carbons (Fsp3) is 0.619. The molecule has 0 saturated heterocycles. The second-order valence-corrected chi connectivity index (χ2v) is 7.73. The second-order valence-electron chi connectivity index (χ2n) is 7.73. The van der Waals surface area contributed by atoms with E-state index in [0.717, 1.165) is 19.6 Å². The van der Waals surface area contributed by atoms with Gasteiger partial charge in [-0.15, -0.1) is 0 Å². The van der Waals surface area contributed by atoms with Crippen LogP contribution in [-0.2, 0) is 4.79 Å². The molecule has 1 aromatic carbocycles. The third-order valence-electron chi connectivity index (χ3n) is 5.07. The molecule has 8 nitrogen and oxygen atoms in total. The fourth-order valence-electron chi connectivity index (χ4n) is 3.47. The smallest absolute Gasteiger partial charge is 0.269 e. The quantitative estimate of drug-likeness (QED) is 0.446. The molecule has 0 unspecified atom stereocenters. The Bertz CT molecular complexity index is 676. The Kier molecular flexibility index (Phi) is 9.74. The van der Waals surface area contributed by atoms with Crippen molar-refractivity contribution >= 4 is 17.5 Å². The molecule has 1 N–H and O–H groups in total. The second kappa shape index (κ2) is 11.5. The average Bonchev–Trinajstić information content (AvgIpc) is 2.66. The number of carbonyl (C=O) groups excluding carboxylic acids is 2. The molecule has 0 heterocycles. The van der Waals surface area contributed by atoms with Crippen LogP contribution in [0.25, 0.3) is 0 Å². The summed E-state index contributed by atoms with van der Waals surface area (Å²) in [5.41, 5.74) is 0.279. The molecular weight excluding hydrogens is 372 g/mol. The number of nitrogens with zero attached hydrogens (tertiary/aromatic N) is 3. The number of rotatable bonds is 11. The average molecular weight is 408 g/mol. The van der Waals surface area contributed by atoms with E-state index in [1.165, 1.54) is 29.2 Å². The first-order valence-electron chi connectivity index (χ1n) is 10.3. The Balaban J connectivity index is 3.07. The molecule has 0 fully saturated rings. The first-order chi connectivity index (χ1) is 13.6. The van der Waals surface area contributed by atoms with Crippen LogP contribution in [0.2, 0.25) is 0 Å². The van der Waals surface area contributed by atoms with Crippen molar-refractivity contribution in [2.75, 3.05) is 32.7 Å². The van der Waals surface area contributed by atoms with Gasteiger partial charge in [0.25, 0.3) is 11.6 Å². The van der Waals surface area contributed by atoms with Crippen molar-refractivity contribution in [1.29, 1.82) is 0 Å². The minimum atomic E-state index is -0.498. The van der Waals surface area contributed by atoms with Crippen molar-refractivity contribution < 1.29 is 19.4 Å². The van der Waals surface area contributed by atoms with Crippen molar-refractivity contribution in [3.05, 3.63) is 39.9 Å². The molecule has 162 valence electrons. The molecule has 0 aromatic heterocycles. The van der Waals surface area contributed by atoms with Gasteiger partial charge < -0.3 is 14.7 Å². The highest BCUT2D eigenvalue weighted by molar-refractivity contribution is 5.96. The molecule has 1 aromatic rings. The van der Waals surface area contributed by atoms with Crippen molar-refractivity contribution in [3.63, 3.8) is 0 Å². The maximum absolute atomic E-state index is 13.1. The SMILES string of the molecule is CC[NH+](CC)CCN(CC(=O)N(C(C)C)C(C)C)C(=O)c1ccc([N+](=O)[O-])cc1. The lowest BCUT2D eigenvalue weighted by Gasteiger charge is -2.33. The number of amides is 2. The highest BCUT2D eigenvalue weighted by Crippen LogP contribution is 2.14. The van der Waals surface area contributed by atoms with Crippen LogP contribution in [-0.4, -0.2) is 71.3 Å². The molecule has 0 aliphatic heterocycles. The fourth-order valence-corrected chi connectivity index (χ4v) is 3.47. The summed E-state index contributed by atoms with van der Waals surface area (Å²) in [7, 11) is 0. The van der Waals surface area contributed by atoms with Crippen LogP contribution in [0, 0.1) is 10.1 Å². The van der Waals surface area contributed by atoms with Crippen LogP contribution < -0.4 is 4.90 Å². The van der Waals surface area contributed by atoms with E-state index in [4.69, 9.17) is 0 Å². The van der Waals surface area contributed by atoms with Gasteiger partial charge in [0.15, 0.2) is 0 Å². The molecule has 0 spiro atoms. The van der Waals surface area contributed by atoms with Crippen LogP contribution in [0.4, 0.5) is 5.69 Å². The molecule has 8 heteroatoms. The van der Waals surface area contributed by atoms with Gasteiger partial charge in [-0.1, -0.05) is 0 Å². The van der Waals surface area contributed by atoms with Crippen molar-refractivity contribution in [2.24, 2.45) is 0 Å². The topological polar surface area (TPSA) is 88.2 Å². The summed E-state index contributed by atoms with van der Waals surface area (Å²) in [5.74, 6) is -0.382. The summed E-state index contributed by atoms with van der Waals surface area (Å²) in [6.45, 7) is 15.1. The predicted molar refractivity (Wildman–Crippen MR) is 113 cm³/mol. The predicted octanol–water partition coefficient (Wildman–Crippen LogP) is 1.61. The molecule has 0 atom stereocenters. The Morgan fingerprint density at radius 1 is 1.03 bits per heavy atom. The minimum absolute atomic E-state index is 0.00705. The van der Waals surface area contributed by atoms with Crippen LogP contribution in [0.15, 0.2) is 24.3 Å². The van der Waals surface area contributed by atoms with Gasteiger partial charge in [-0.25, -0.2) is 0 Å². The van der Waals surface area contributed by atoms with Crippen molar-refractivity contribution in [2.45, 2.75) is 53.6 Å². The molecule has 0 aliphatic rings. The number of nitrogens with one attached hydrogen (secondary N) is 1. The van der Waals surface area contributed by atoms with Gasteiger partial charge in [0, 0.05) is 29.8 Å². The number of nitro benzene ring substituents is 1.